The van der Waals surface area contributed by atoms with E-state index in [1.807, 2.05) is 13.8 Å². The van der Waals surface area contributed by atoms with E-state index in [2.05, 4.69) is 4.98 Å². The first-order valence-electron chi connectivity index (χ1n) is 7.93. The van der Waals surface area contributed by atoms with Crippen molar-refractivity contribution in [2.75, 3.05) is 0 Å². The maximum absolute atomic E-state index is 12.7. The summed E-state index contributed by atoms with van der Waals surface area (Å²) >= 11 is 0. The Labute approximate surface area is 133 Å². The Balaban J connectivity index is 1.74. The molecule has 0 spiro atoms. The zero-order valence-electron chi connectivity index (χ0n) is 14.0. The number of hydrogen-bond acceptors (Lipinski definition) is 4. The predicted octanol–water partition coefficient (Wildman–Crippen LogP) is 0.375. The second kappa shape index (κ2) is 3.95. The maximum Gasteiger partial charge on any atom is 0.332 e. The monoisotopic (exact) mass is 318 g/mol. The van der Waals surface area contributed by atoms with Gasteiger partial charge in [0.2, 0.25) is 0 Å². The van der Waals surface area contributed by atoms with Crippen molar-refractivity contribution in [1.82, 2.24) is 18.7 Å². The van der Waals surface area contributed by atoms with Gasteiger partial charge < -0.3 is 9.67 Å². The summed E-state index contributed by atoms with van der Waals surface area (Å²) in [5.74, 6) is 0. The SMILES string of the molecule is Cn1cnc2c1c(=O)n(CC13CC(C(C)(C)O)(C1)C3)c(=O)n2C. The van der Waals surface area contributed by atoms with Crippen LogP contribution in [0.15, 0.2) is 15.9 Å². The first kappa shape index (κ1) is 14.7. The summed E-state index contributed by atoms with van der Waals surface area (Å²) in [6.07, 6.45) is 4.19. The van der Waals surface area contributed by atoms with E-state index >= 15 is 0 Å². The Morgan fingerprint density at radius 1 is 1.26 bits per heavy atom. The minimum atomic E-state index is -0.698. The topological polar surface area (TPSA) is 82.1 Å². The molecule has 0 atom stereocenters. The number of hydrogen-bond donors (Lipinski definition) is 1. The van der Waals surface area contributed by atoms with Crippen molar-refractivity contribution in [1.29, 1.82) is 0 Å². The summed E-state index contributed by atoms with van der Waals surface area (Å²) in [4.78, 5) is 29.4. The van der Waals surface area contributed by atoms with Crippen LogP contribution in [0.1, 0.15) is 33.1 Å². The molecular weight excluding hydrogens is 296 g/mol. The van der Waals surface area contributed by atoms with Gasteiger partial charge in [-0.2, -0.15) is 0 Å². The predicted molar refractivity (Wildman–Crippen MR) is 85.2 cm³/mol. The third-order valence-corrected chi connectivity index (χ3v) is 6.13. The van der Waals surface area contributed by atoms with Gasteiger partial charge in [-0.15, -0.1) is 0 Å². The molecule has 3 aliphatic carbocycles. The highest BCUT2D eigenvalue weighted by Crippen LogP contribution is 2.77. The molecule has 2 aromatic heterocycles. The van der Waals surface area contributed by atoms with Crippen LogP contribution in [-0.2, 0) is 20.6 Å². The summed E-state index contributed by atoms with van der Waals surface area (Å²) in [5, 5.41) is 10.3. The van der Waals surface area contributed by atoms with E-state index in [1.54, 1.807) is 25.0 Å². The minimum absolute atomic E-state index is 0.0117. The van der Waals surface area contributed by atoms with E-state index in [4.69, 9.17) is 0 Å². The number of fused-ring (bicyclic) bond motifs is 1. The standard InChI is InChI=1S/C16H22N4O3/c1-14(2,23)16-5-15(6-16,7-16)8-20-12(21)10-11(17-9-18(10)3)19(4)13(20)22/h9,23H,5-8H2,1-4H3. The third-order valence-electron chi connectivity index (χ3n) is 6.13. The van der Waals surface area contributed by atoms with E-state index in [0.29, 0.717) is 17.7 Å². The molecule has 3 saturated carbocycles. The van der Waals surface area contributed by atoms with Gasteiger partial charge in [0.15, 0.2) is 11.2 Å². The van der Waals surface area contributed by atoms with Crippen molar-refractivity contribution in [3.05, 3.63) is 27.2 Å². The van der Waals surface area contributed by atoms with Crippen LogP contribution in [-0.4, -0.2) is 29.4 Å². The molecule has 2 aromatic rings. The number of nitrogens with zero attached hydrogens (tertiary/aromatic N) is 4. The van der Waals surface area contributed by atoms with Crippen LogP contribution in [0.3, 0.4) is 0 Å². The molecule has 0 aromatic carbocycles. The van der Waals surface area contributed by atoms with Crippen LogP contribution in [0.2, 0.25) is 0 Å². The van der Waals surface area contributed by atoms with Gasteiger partial charge in [0.05, 0.1) is 11.9 Å². The fourth-order valence-electron chi connectivity index (χ4n) is 4.69. The summed E-state index contributed by atoms with van der Waals surface area (Å²) in [5.41, 5.74) is -0.453. The van der Waals surface area contributed by atoms with E-state index in [1.165, 1.54) is 9.13 Å². The Bertz CT molecular complexity index is 921. The Morgan fingerprint density at radius 3 is 2.43 bits per heavy atom. The van der Waals surface area contributed by atoms with Crippen LogP contribution >= 0.6 is 0 Å². The van der Waals surface area contributed by atoms with Crippen molar-refractivity contribution in [2.45, 2.75) is 45.3 Å². The summed E-state index contributed by atoms with van der Waals surface area (Å²) in [6.45, 7) is 4.13. The van der Waals surface area contributed by atoms with E-state index < -0.39 is 5.60 Å². The maximum atomic E-state index is 12.7. The van der Waals surface area contributed by atoms with Crippen molar-refractivity contribution in [3.8, 4) is 0 Å². The normalized spacial score (nSPS) is 29.4. The van der Waals surface area contributed by atoms with Gasteiger partial charge in [-0.3, -0.25) is 13.9 Å². The largest absolute Gasteiger partial charge is 0.390 e. The zero-order valence-corrected chi connectivity index (χ0v) is 14.0. The van der Waals surface area contributed by atoms with E-state index in [9.17, 15) is 14.7 Å². The van der Waals surface area contributed by atoms with Crippen LogP contribution in [0.25, 0.3) is 11.2 Å². The highest BCUT2D eigenvalue weighted by Gasteiger charge is 2.72. The lowest BCUT2D eigenvalue weighted by molar-refractivity contribution is -0.291. The number of imidazole rings is 1. The van der Waals surface area contributed by atoms with E-state index in [0.717, 1.165) is 19.3 Å². The second-order valence-corrected chi connectivity index (χ2v) is 8.13. The summed E-state index contributed by atoms with van der Waals surface area (Å²) in [7, 11) is 3.41. The van der Waals surface area contributed by atoms with Gasteiger partial charge in [-0.05, 0) is 38.5 Å². The fraction of sp³-hybridized carbons (Fsp3) is 0.688. The lowest BCUT2D eigenvalue weighted by Gasteiger charge is -2.74. The summed E-state index contributed by atoms with van der Waals surface area (Å²) < 4.78 is 4.44. The van der Waals surface area contributed by atoms with Crippen LogP contribution < -0.4 is 11.2 Å². The van der Waals surface area contributed by atoms with Crippen molar-refractivity contribution in [2.24, 2.45) is 24.9 Å². The molecule has 2 bridgehead atoms. The van der Waals surface area contributed by atoms with Crippen molar-refractivity contribution >= 4 is 11.2 Å². The molecule has 7 heteroatoms. The lowest BCUT2D eigenvalue weighted by Crippen LogP contribution is -2.71. The molecule has 0 saturated heterocycles. The molecule has 2 heterocycles. The van der Waals surface area contributed by atoms with E-state index in [-0.39, 0.29) is 22.1 Å². The average molecular weight is 318 g/mol. The minimum Gasteiger partial charge on any atom is -0.390 e. The van der Waals surface area contributed by atoms with Crippen LogP contribution in [0.4, 0.5) is 0 Å². The first-order chi connectivity index (χ1) is 10.6. The Kier molecular flexibility index (Phi) is 2.52. The molecule has 0 aliphatic heterocycles. The van der Waals surface area contributed by atoms with Gasteiger partial charge in [-0.25, -0.2) is 9.78 Å². The molecule has 5 rings (SSSR count). The number of aryl methyl sites for hydroxylation is 2. The molecule has 0 radical (unpaired) electrons. The summed E-state index contributed by atoms with van der Waals surface area (Å²) in [6, 6.07) is 0. The quantitative estimate of drug-likeness (QED) is 0.887. The molecule has 3 aliphatic rings. The van der Waals surface area contributed by atoms with Gasteiger partial charge in [0, 0.05) is 26.1 Å². The molecule has 7 nitrogen and oxygen atoms in total. The van der Waals surface area contributed by atoms with Crippen LogP contribution in [0, 0.1) is 10.8 Å². The smallest absolute Gasteiger partial charge is 0.332 e. The van der Waals surface area contributed by atoms with Gasteiger partial charge in [0.1, 0.15) is 0 Å². The third kappa shape index (κ3) is 1.66. The van der Waals surface area contributed by atoms with Crippen molar-refractivity contribution in [3.63, 3.8) is 0 Å². The number of aromatic nitrogens is 4. The molecule has 0 unspecified atom stereocenters. The van der Waals surface area contributed by atoms with Gasteiger partial charge in [0.25, 0.3) is 5.56 Å². The number of rotatable bonds is 3. The zero-order chi connectivity index (χ0) is 16.8. The lowest BCUT2D eigenvalue weighted by atomic mass is 9.31. The van der Waals surface area contributed by atoms with Gasteiger partial charge in [-0.1, -0.05) is 0 Å². The Morgan fingerprint density at radius 2 is 1.87 bits per heavy atom. The van der Waals surface area contributed by atoms with Crippen molar-refractivity contribution < 1.29 is 5.11 Å². The second-order valence-electron chi connectivity index (χ2n) is 8.13. The Hall–Kier alpha value is -1.89. The highest BCUT2D eigenvalue weighted by atomic mass is 16.3. The molecule has 1 N–H and O–H groups in total. The molecule has 3 fully saturated rings. The average Bonchev–Trinajstić information content (AvgIpc) is 2.73. The fourth-order valence-corrected chi connectivity index (χ4v) is 4.69. The molecule has 0 amide bonds. The number of aliphatic hydroxyl groups is 1. The van der Waals surface area contributed by atoms with Crippen LogP contribution in [0.5, 0.6) is 0 Å². The van der Waals surface area contributed by atoms with Gasteiger partial charge >= 0.3 is 5.69 Å². The molecule has 124 valence electrons. The molecule has 23 heavy (non-hydrogen) atoms. The highest BCUT2D eigenvalue weighted by molar-refractivity contribution is 5.69. The molecular formula is C16H22N4O3. The first-order valence-corrected chi connectivity index (χ1v) is 7.93.